The number of anilines is 1. The van der Waals surface area contributed by atoms with Crippen LogP contribution in [-0.2, 0) is 17.8 Å². The number of nitrogens with zero attached hydrogens (tertiary/aromatic N) is 2. The first kappa shape index (κ1) is 18.5. The minimum atomic E-state index is 0.629. The Bertz CT molecular complexity index is 744. The molecule has 1 heterocycles. The second kappa shape index (κ2) is 9.46. The van der Waals surface area contributed by atoms with Gasteiger partial charge in [0, 0.05) is 43.9 Å². The lowest BCUT2D eigenvalue weighted by Gasteiger charge is -2.30. The average Bonchev–Trinajstić information content (AvgIpc) is 2.70. The summed E-state index contributed by atoms with van der Waals surface area (Å²) < 4.78 is 5.46. The predicted octanol–water partition coefficient (Wildman–Crippen LogP) is 3.04. The predicted molar refractivity (Wildman–Crippen MR) is 108 cm³/mol. The molecule has 6 heteroatoms. The van der Waals surface area contributed by atoms with Crippen LogP contribution in [0.15, 0.2) is 53.5 Å². The summed E-state index contributed by atoms with van der Waals surface area (Å²) in [5, 5.41) is 7.47. The molecule has 5 nitrogen and oxygen atoms in total. The summed E-state index contributed by atoms with van der Waals surface area (Å²) in [6.45, 7) is 4.75. The first-order valence-corrected chi connectivity index (χ1v) is 9.24. The second-order valence-corrected chi connectivity index (χ2v) is 6.51. The van der Waals surface area contributed by atoms with Crippen molar-refractivity contribution in [2.45, 2.75) is 13.1 Å². The summed E-state index contributed by atoms with van der Waals surface area (Å²) in [5.41, 5.74) is 3.55. The number of para-hydroxylation sites is 1. The highest BCUT2D eigenvalue weighted by atomic mass is 35.5. The molecule has 3 rings (SSSR count). The fourth-order valence-corrected chi connectivity index (χ4v) is 3.20. The zero-order valence-electron chi connectivity index (χ0n) is 15.0. The average molecular weight is 373 g/mol. The first-order chi connectivity index (χ1) is 12.8. The number of morpholine rings is 1. The lowest BCUT2D eigenvalue weighted by atomic mass is 10.1. The van der Waals surface area contributed by atoms with Crippen LogP contribution < -0.4 is 15.5 Å². The zero-order valence-corrected chi connectivity index (χ0v) is 15.8. The van der Waals surface area contributed by atoms with Crippen molar-refractivity contribution in [2.24, 2.45) is 4.99 Å². The third kappa shape index (κ3) is 4.90. The van der Waals surface area contributed by atoms with Gasteiger partial charge in [0.25, 0.3) is 0 Å². The van der Waals surface area contributed by atoms with Gasteiger partial charge in [-0.1, -0.05) is 48.0 Å². The number of halogens is 1. The Morgan fingerprint density at radius 1 is 1.00 bits per heavy atom. The van der Waals surface area contributed by atoms with Gasteiger partial charge in [-0.05, 0) is 23.3 Å². The van der Waals surface area contributed by atoms with Gasteiger partial charge in [-0.15, -0.1) is 0 Å². The van der Waals surface area contributed by atoms with E-state index in [2.05, 4.69) is 44.8 Å². The third-order valence-electron chi connectivity index (χ3n) is 4.42. The molecule has 0 atom stereocenters. The number of guanidine groups is 1. The van der Waals surface area contributed by atoms with E-state index in [-0.39, 0.29) is 0 Å². The maximum atomic E-state index is 6.21. The molecule has 0 unspecified atom stereocenters. The molecule has 0 saturated carbocycles. The molecule has 0 aromatic heterocycles. The Morgan fingerprint density at radius 2 is 1.62 bits per heavy atom. The van der Waals surface area contributed by atoms with Gasteiger partial charge in [0.2, 0.25) is 0 Å². The fourth-order valence-electron chi connectivity index (χ4n) is 2.99. The van der Waals surface area contributed by atoms with E-state index < -0.39 is 0 Å². The smallest absolute Gasteiger partial charge is 0.191 e. The second-order valence-electron chi connectivity index (χ2n) is 6.10. The monoisotopic (exact) mass is 372 g/mol. The molecule has 2 aromatic carbocycles. The van der Waals surface area contributed by atoms with E-state index in [4.69, 9.17) is 16.3 Å². The highest BCUT2D eigenvalue weighted by Gasteiger charge is 2.14. The number of aliphatic imine (C=N–C) groups is 1. The van der Waals surface area contributed by atoms with Crippen molar-refractivity contribution in [3.05, 3.63) is 64.7 Å². The van der Waals surface area contributed by atoms with E-state index in [1.807, 2.05) is 24.3 Å². The van der Waals surface area contributed by atoms with Crippen molar-refractivity contribution in [1.29, 1.82) is 0 Å². The van der Waals surface area contributed by atoms with E-state index in [0.29, 0.717) is 13.1 Å². The molecule has 2 N–H and O–H groups in total. The van der Waals surface area contributed by atoms with Crippen LogP contribution in [0, 0.1) is 0 Å². The quantitative estimate of drug-likeness (QED) is 0.625. The molecule has 0 radical (unpaired) electrons. The Labute approximate surface area is 160 Å². The van der Waals surface area contributed by atoms with E-state index in [9.17, 15) is 0 Å². The van der Waals surface area contributed by atoms with Crippen LogP contribution in [0.2, 0.25) is 5.02 Å². The van der Waals surface area contributed by atoms with Crippen LogP contribution >= 0.6 is 11.6 Å². The molecule has 26 heavy (non-hydrogen) atoms. The summed E-state index contributed by atoms with van der Waals surface area (Å²) in [5.74, 6) is 0.752. The minimum absolute atomic E-state index is 0.629. The van der Waals surface area contributed by atoms with Crippen LogP contribution in [0.3, 0.4) is 0 Å². The van der Waals surface area contributed by atoms with Crippen molar-refractivity contribution >= 4 is 23.2 Å². The molecule has 1 aliphatic heterocycles. The molecule has 0 spiro atoms. The van der Waals surface area contributed by atoms with Crippen LogP contribution in [0.25, 0.3) is 0 Å². The van der Waals surface area contributed by atoms with Gasteiger partial charge in [0.15, 0.2) is 5.96 Å². The van der Waals surface area contributed by atoms with E-state index >= 15 is 0 Å². The molecule has 1 aliphatic rings. The summed E-state index contributed by atoms with van der Waals surface area (Å²) in [4.78, 5) is 6.68. The van der Waals surface area contributed by atoms with Gasteiger partial charge in [-0.25, -0.2) is 0 Å². The maximum absolute atomic E-state index is 6.21. The highest BCUT2D eigenvalue weighted by molar-refractivity contribution is 6.31. The van der Waals surface area contributed by atoms with Crippen molar-refractivity contribution < 1.29 is 4.74 Å². The Balaban J connectivity index is 1.59. The molecule has 2 aromatic rings. The van der Waals surface area contributed by atoms with Crippen molar-refractivity contribution in [1.82, 2.24) is 10.6 Å². The lowest BCUT2D eigenvalue weighted by Crippen LogP contribution is -2.39. The topological polar surface area (TPSA) is 48.9 Å². The van der Waals surface area contributed by atoms with Gasteiger partial charge in [0.1, 0.15) is 0 Å². The van der Waals surface area contributed by atoms with Crippen LogP contribution in [-0.4, -0.2) is 39.3 Å². The SMILES string of the molecule is CN=C(NCc1ccccc1Cl)NCc1ccccc1N1CCOCC1. The first-order valence-electron chi connectivity index (χ1n) is 8.86. The van der Waals surface area contributed by atoms with Crippen molar-refractivity contribution in [3.8, 4) is 0 Å². The van der Waals surface area contributed by atoms with Crippen LogP contribution in [0.1, 0.15) is 11.1 Å². The highest BCUT2D eigenvalue weighted by Crippen LogP contribution is 2.21. The van der Waals surface area contributed by atoms with E-state index in [1.54, 1.807) is 7.05 Å². The number of hydrogen-bond acceptors (Lipinski definition) is 3. The van der Waals surface area contributed by atoms with Gasteiger partial charge in [-0.3, -0.25) is 4.99 Å². The number of rotatable bonds is 5. The van der Waals surface area contributed by atoms with Crippen molar-refractivity contribution in [2.75, 3.05) is 38.3 Å². The molecule has 1 saturated heterocycles. The van der Waals surface area contributed by atoms with Crippen LogP contribution in [0.4, 0.5) is 5.69 Å². The fraction of sp³-hybridized carbons (Fsp3) is 0.350. The largest absolute Gasteiger partial charge is 0.378 e. The van der Waals surface area contributed by atoms with Crippen molar-refractivity contribution in [3.63, 3.8) is 0 Å². The number of hydrogen-bond donors (Lipinski definition) is 2. The molecular weight excluding hydrogens is 348 g/mol. The van der Waals surface area contributed by atoms with Gasteiger partial charge >= 0.3 is 0 Å². The molecule has 0 bridgehead atoms. The van der Waals surface area contributed by atoms with Gasteiger partial charge < -0.3 is 20.3 Å². The number of benzene rings is 2. The van der Waals surface area contributed by atoms with Gasteiger partial charge in [0.05, 0.1) is 13.2 Å². The molecule has 138 valence electrons. The molecule has 0 amide bonds. The summed E-state index contributed by atoms with van der Waals surface area (Å²) in [6.07, 6.45) is 0. The van der Waals surface area contributed by atoms with E-state index in [1.165, 1.54) is 11.3 Å². The molecule has 0 aliphatic carbocycles. The van der Waals surface area contributed by atoms with E-state index in [0.717, 1.165) is 42.8 Å². The molecule has 1 fully saturated rings. The third-order valence-corrected chi connectivity index (χ3v) is 4.79. The van der Waals surface area contributed by atoms with Crippen LogP contribution in [0.5, 0.6) is 0 Å². The Kier molecular flexibility index (Phi) is 6.75. The number of ether oxygens (including phenoxy) is 1. The standard InChI is InChI=1S/C20H25ClN4O/c1-22-20(23-14-16-6-2-4-8-18(16)21)24-15-17-7-3-5-9-19(17)25-10-12-26-13-11-25/h2-9H,10-15H2,1H3,(H2,22,23,24). The molecular formula is C20H25ClN4O. The Morgan fingerprint density at radius 3 is 2.31 bits per heavy atom. The normalized spacial score (nSPS) is 15.0. The lowest BCUT2D eigenvalue weighted by molar-refractivity contribution is 0.122. The number of nitrogens with one attached hydrogen (secondary N) is 2. The summed E-state index contributed by atoms with van der Waals surface area (Å²) in [6, 6.07) is 16.3. The zero-order chi connectivity index (χ0) is 18.2. The summed E-state index contributed by atoms with van der Waals surface area (Å²) in [7, 11) is 1.77. The summed E-state index contributed by atoms with van der Waals surface area (Å²) >= 11 is 6.21. The Hall–Kier alpha value is -2.24. The minimum Gasteiger partial charge on any atom is -0.378 e. The maximum Gasteiger partial charge on any atom is 0.191 e. The van der Waals surface area contributed by atoms with Gasteiger partial charge in [-0.2, -0.15) is 0 Å².